The van der Waals surface area contributed by atoms with Crippen LogP contribution in [0.2, 0.25) is 0 Å². The van der Waals surface area contributed by atoms with Crippen LogP contribution in [0.25, 0.3) is 11.3 Å². The summed E-state index contributed by atoms with van der Waals surface area (Å²) in [6.45, 7) is 2.06. The fourth-order valence-electron chi connectivity index (χ4n) is 1.46. The quantitative estimate of drug-likeness (QED) is 0.856. The Morgan fingerprint density at radius 2 is 2.00 bits per heavy atom. The van der Waals surface area contributed by atoms with Gasteiger partial charge in [-0.15, -0.1) is 0 Å². The van der Waals surface area contributed by atoms with Gasteiger partial charge in [-0.2, -0.15) is 0 Å². The Morgan fingerprint density at radius 3 is 2.67 bits per heavy atom. The van der Waals surface area contributed by atoms with Crippen LogP contribution < -0.4 is 5.73 Å². The minimum absolute atomic E-state index is 0.711. The molecule has 1 aromatic heterocycles. The summed E-state index contributed by atoms with van der Waals surface area (Å²) in [4.78, 5) is 4.34. The third-order valence-electron chi connectivity index (χ3n) is 2.31. The van der Waals surface area contributed by atoms with Crippen LogP contribution in [0.15, 0.2) is 41.0 Å². The molecule has 0 atom stereocenters. The molecule has 0 saturated carbocycles. The van der Waals surface area contributed by atoms with Crippen molar-refractivity contribution in [2.75, 3.05) is 5.73 Å². The number of anilines is 1. The summed E-state index contributed by atoms with van der Waals surface area (Å²) in [5, 5.41) is 0. The Morgan fingerprint density at radius 1 is 1.27 bits per heavy atom. The van der Waals surface area contributed by atoms with E-state index in [1.165, 1.54) is 5.56 Å². The number of hydrogen-bond acceptors (Lipinski definition) is 2. The van der Waals surface area contributed by atoms with E-state index in [1.54, 1.807) is 6.20 Å². The summed E-state index contributed by atoms with van der Waals surface area (Å²) in [6, 6.07) is 10.0. The molecule has 3 heteroatoms. The van der Waals surface area contributed by atoms with Gasteiger partial charge in [0.25, 0.3) is 0 Å². The van der Waals surface area contributed by atoms with E-state index in [0.29, 0.717) is 5.69 Å². The molecule has 0 unspecified atom stereocenters. The smallest absolute Gasteiger partial charge is 0.0725 e. The lowest BCUT2D eigenvalue weighted by Crippen LogP contribution is -1.92. The van der Waals surface area contributed by atoms with Crippen LogP contribution in [0.1, 0.15) is 5.56 Å². The van der Waals surface area contributed by atoms with Gasteiger partial charge in [0.2, 0.25) is 0 Å². The minimum Gasteiger partial charge on any atom is -0.398 e. The lowest BCUT2D eigenvalue weighted by molar-refractivity contribution is 1.29. The van der Waals surface area contributed by atoms with Crippen molar-refractivity contribution < 1.29 is 0 Å². The molecule has 0 radical (unpaired) electrons. The molecule has 0 fully saturated rings. The number of nitrogens with two attached hydrogens (primary N) is 1. The third kappa shape index (κ3) is 2.02. The number of aromatic nitrogens is 1. The van der Waals surface area contributed by atoms with Crippen LogP contribution in [-0.2, 0) is 0 Å². The molecule has 0 saturated heterocycles. The van der Waals surface area contributed by atoms with E-state index in [1.807, 2.05) is 24.3 Å². The van der Waals surface area contributed by atoms with Crippen molar-refractivity contribution in [3.63, 3.8) is 0 Å². The van der Waals surface area contributed by atoms with Crippen molar-refractivity contribution >= 4 is 21.6 Å². The van der Waals surface area contributed by atoms with E-state index in [4.69, 9.17) is 5.73 Å². The Kier molecular flexibility index (Phi) is 2.73. The second-order valence-electron chi connectivity index (χ2n) is 3.41. The summed E-state index contributed by atoms with van der Waals surface area (Å²) in [5.41, 5.74) is 9.77. The number of rotatable bonds is 1. The fourth-order valence-corrected chi connectivity index (χ4v) is 1.68. The maximum Gasteiger partial charge on any atom is 0.0725 e. The number of nitrogens with zero attached hydrogens (tertiary/aromatic N) is 1. The molecule has 2 rings (SSSR count). The van der Waals surface area contributed by atoms with E-state index >= 15 is 0 Å². The molecule has 0 spiro atoms. The molecule has 15 heavy (non-hydrogen) atoms. The van der Waals surface area contributed by atoms with Crippen molar-refractivity contribution in [1.29, 1.82) is 0 Å². The van der Waals surface area contributed by atoms with Crippen molar-refractivity contribution in [2.45, 2.75) is 6.92 Å². The van der Waals surface area contributed by atoms with Crippen molar-refractivity contribution in [2.24, 2.45) is 0 Å². The summed E-state index contributed by atoms with van der Waals surface area (Å²) < 4.78 is 0.833. The van der Waals surface area contributed by atoms with Gasteiger partial charge in [0.1, 0.15) is 0 Å². The molecular weight excluding hydrogens is 252 g/mol. The Hall–Kier alpha value is -1.35. The highest BCUT2D eigenvalue weighted by atomic mass is 79.9. The van der Waals surface area contributed by atoms with E-state index in [0.717, 1.165) is 15.7 Å². The predicted octanol–water partition coefficient (Wildman–Crippen LogP) is 3.40. The second-order valence-corrected chi connectivity index (χ2v) is 4.26. The maximum atomic E-state index is 5.82. The first kappa shape index (κ1) is 10.2. The number of pyridine rings is 1. The number of hydrogen-bond donors (Lipinski definition) is 1. The summed E-state index contributed by atoms with van der Waals surface area (Å²) >= 11 is 3.33. The third-order valence-corrected chi connectivity index (χ3v) is 2.97. The summed E-state index contributed by atoms with van der Waals surface area (Å²) in [7, 11) is 0. The van der Waals surface area contributed by atoms with Gasteiger partial charge in [-0.1, -0.05) is 24.3 Å². The first-order chi connectivity index (χ1) is 7.18. The Labute approximate surface area is 97.3 Å². The minimum atomic E-state index is 0.711. The number of benzene rings is 1. The lowest BCUT2D eigenvalue weighted by atomic mass is 10.1. The molecule has 1 heterocycles. The average molecular weight is 263 g/mol. The molecule has 0 aliphatic rings. The molecule has 0 bridgehead atoms. The predicted molar refractivity (Wildman–Crippen MR) is 66.5 cm³/mol. The van der Waals surface area contributed by atoms with E-state index in [-0.39, 0.29) is 0 Å². The molecule has 0 aliphatic heterocycles. The largest absolute Gasteiger partial charge is 0.398 e. The van der Waals surface area contributed by atoms with Crippen LogP contribution in [0, 0.1) is 6.92 Å². The van der Waals surface area contributed by atoms with Crippen LogP contribution in [0.3, 0.4) is 0 Å². The Bertz CT molecular complexity index is 495. The SMILES string of the molecule is Cc1ccccc1-c1cc(N)c(Br)cn1. The molecule has 2 N–H and O–H groups in total. The average Bonchev–Trinajstić information content (AvgIpc) is 2.23. The summed E-state index contributed by atoms with van der Waals surface area (Å²) in [6.07, 6.45) is 1.73. The number of nitrogen functional groups attached to an aromatic ring is 1. The first-order valence-electron chi connectivity index (χ1n) is 4.65. The Balaban J connectivity index is 2.55. The molecule has 76 valence electrons. The van der Waals surface area contributed by atoms with Gasteiger partial charge in [0, 0.05) is 17.4 Å². The molecule has 0 amide bonds. The van der Waals surface area contributed by atoms with Crippen LogP contribution in [0.4, 0.5) is 5.69 Å². The van der Waals surface area contributed by atoms with Crippen LogP contribution >= 0.6 is 15.9 Å². The van der Waals surface area contributed by atoms with E-state index < -0.39 is 0 Å². The summed E-state index contributed by atoms with van der Waals surface area (Å²) in [5.74, 6) is 0. The van der Waals surface area contributed by atoms with E-state index in [9.17, 15) is 0 Å². The maximum absolute atomic E-state index is 5.82. The van der Waals surface area contributed by atoms with Crippen molar-refractivity contribution in [3.05, 3.63) is 46.6 Å². The zero-order chi connectivity index (χ0) is 10.8. The zero-order valence-corrected chi connectivity index (χ0v) is 9.95. The van der Waals surface area contributed by atoms with Gasteiger partial charge >= 0.3 is 0 Å². The highest BCUT2D eigenvalue weighted by Crippen LogP contribution is 2.26. The van der Waals surface area contributed by atoms with Gasteiger partial charge < -0.3 is 5.73 Å². The topological polar surface area (TPSA) is 38.9 Å². The normalized spacial score (nSPS) is 10.3. The highest BCUT2D eigenvalue weighted by molar-refractivity contribution is 9.10. The highest BCUT2D eigenvalue weighted by Gasteiger charge is 2.04. The van der Waals surface area contributed by atoms with Crippen molar-refractivity contribution in [3.8, 4) is 11.3 Å². The lowest BCUT2D eigenvalue weighted by Gasteiger charge is -2.06. The molecule has 0 aliphatic carbocycles. The number of aryl methyl sites for hydroxylation is 1. The monoisotopic (exact) mass is 262 g/mol. The first-order valence-corrected chi connectivity index (χ1v) is 5.45. The van der Waals surface area contributed by atoms with Gasteiger partial charge in [-0.05, 0) is 34.5 Å². The standard InChI is InChI=1S/C12H11BrN2/c1-8-4-2-3-5-9(8)12-6-11(14)10(13)7-15-12/h2-7H,1H3,(H2,14,15). The van der Waals surface area contributed by atoms with Crippen molar-refractivity contribution in [1.82, 2.24) is 4.98 Å². The van der Waals surface area contributed by atoms with Gasteiger partial charge in [0.05, 0.1) is 10.2 Å². The molecule has 2 aromatic rings. The van der Waals surface area contributed by atoms with Gasteiger partial charge in [-0.3, -0.25) is 4.98 Å². The fraction of sp³-hybridized carbons (Fsp3) is 0.0833. The van der Waals surface area contributed by atoms with Gasteiger partial charge in [0.15, 0.2) is 0 Å². The van der Waals surface area contributed by atoms with E-state index in [2.05, 4.69) is 33.9 Å². The number of halogens is 1. The zero-order valence-electron chi connectivity index (χ0n) is 8.37. The molecule has 2 nitrogen and oxygen atoms in total. The van der Waals surface area contributed by atoms with Crippen LogP contribution in [-0.4, -0.2) is 4.98 Å². The van der Waals surface area contributed by atoms with Gasteiger partial charge in [-0.25, -0.2) is 0 Å². The molecular formula is C12H11BrN2. The second kappa shape index (κ2) is 4.03. The van der Waals surface area contributed by atoms with Crippen LogP contribution in [0.5, 0.6) is 0 Å². The molecule has 1 aromatic carbocycles.